The third-order valence-electron chi connectivity index (χ3n) is 2.05. The van der Waals surface area contributed by atoms with E-state index in [0.717, 1.165) is 0 Å². The van der Waals surface area contributed by atoms with E-state index in [1.165, 1.54) is 6.21 Å². The predicted molar refractivity (Wildman–Crippen MR) is 80.0 cm³/mol. The Morgan fingerprint density at radius 3 is 2.85 bits per heavy atom. The monoisotopic (exact) mass is 339 g/mol. The zero-order valence-corrected chi connectivity index (χ0v) is 12.4. The van der Waals surface area contributed by atoms with Crippen LogP contribution >= 0.6 is 15.9 Å². The molecular weight excluding hydrogens is 326 g/mol. The number of terminal acetylenes is 1. The molecular formula is C13H14BrN3O3. The molecule has 106 valence electrons. The second-order valence-corrected chi connectivity index (χ2v) is 4.33. The van der Waals surface area contributed by atoms with Gasteiger partial charge in [-0.2, -0.15) is 5.10 Å². The highest BCUT2D eigenvalue weighted by Gasteiger charge is 2.09. The van der Waals surface area contributed by atoms with Crippen LogP contribution in [0.15, 0.2) is 21.7 Å². The normalized spacial score (nSPS) is 10.1. The molecule has 0 radical (unpaired) electrons. The lowest BCUT2D eigenvalue weighted by Crippen LogP contribution is -2.24. The summed E-state index contributed by atoms with van der Waals surface area (Å²) in [6, 6.07) is 2.69. The number of ether oxygens (including phenoxy) is 2. The maximum atomic E-state index is 10.5. The number of carbonyl (C=O) groups is 1. The van der Waals surface area contributed by atoms with Gasteiger partial charge in [0, 0.05) is 10.0 Å². The second kappa shape index (κ2) is 8.07. The van der Waals surface area contributed by atoms with Crippen molar-refractivity contribution in [2.24, 2.45) is 10.8 Å². The molecule has 0 bridgehead atoms. The topological polar surface area (TPSA) is 85.9 Å². The summed E-state index contributed by atoms with van der Waals surface area (Å²) in [5, 5.41) is 3.69. The van der Waals surface area contributed by atoms with Gasteiger partial charge in [0.1, 0.15) is 6.61 Å². The van der Waals surface area contributed by atoms with Crippen LogP contribution in [0, 0.1) is 12.3 Å². The maximum Gasteiger partial charge on any atom is 0.332 e. The molecule has 0 fully saturated rings. The van der Waals surface area contributed by atoms with E-state index < -0.39 is 6.03 Å². The number of halogens is 1. The number of nitrogens with one attached hydrogen (secondary N) is 1. The van der Waals surface area contributed by atoms with Crippen molar-refractivity contribution < 1.29 is 14.3 Å². The van der Waals surface area contributed by atoms with Crippen LogP contribution in [0.5, 0.6) is 11.5 Å². The van der Waals surface area contributed by atoms with Crippen LogP contribution in [0.2, 0.25) is 0 Å². The number of amides is 2. The minimum absolute atomic E-state index is 0.142. The third-order valence-corrected chi connectivity index (χ3v) is 2.74. The molecule has 20 heavy (non-hydrogen) atoms. The summed E-state index contributed by atoms with van der Waals surface area (Å²) < 4.78 is 11.6. The van der Waals surface area contributed by atoms with Gasteiger partial charge in [0.25, 0.3) is 0 Å². The van der Waals surface area contributed by atoms with Gasteiger partial charge < -0.3 is 15.2 Å². The van der Waals surface area contributed by atoms with Gasteiger partial charge in [-0.15, -0.1) is 6.42 Å². The van der Waals surface area contributed by atoms with Gasteiger partial charge in [0.05, 0.1) is 12.8 Å². The fraction of sp³-hybridized carbons (Fsp3) is 0.231. The van der Waals surface area contributed by atoms with E-state index >= 15 is 0 Å². The van der Waals surface area contributed by atoms with E-state index in [9.17, 15) is 4.79 Å². The summed E-state index contributed by atoms with van der Waals surface area (Å²) in [7, 11) is 0. The maximum absolute atomic E-state index is 10.5. The molecule has 1 aromatic rings. The van der Waals surface area contributed by atoms with E-state index in [1.807, 2.05) is 6.92 Å². The molecule has 0 saturated carbocycles. The largest absolute Gasteiger partial charge is 0.490 e. The molecule has 3 N–H and O–H groups in total. The molecule has 0 saturated heterocycles. The molecule has 2 amide bonds. The van der Waals surface area contributed by atoms with Crippen molar-refractivity contribution in [3.05, 3.63) is 22.2 Å². The Morgan fingerprint density at radius 2 is 2.25 bits per heavy atom. The van der Waals surface area contributed by atoms with Gasteiger partial charge in [-0.1, -0.05) is 5.92 Å². The quantitative estimate of drug-likeness (QED) is 0.471. The van der Waals surface area contributed by atoms with Crippen molar-refractivity contribution in [1.82, 2.24) is 5.43 Å². The summed E-state index contributed by atoms with van der Waals surface area (Å²) >= 11 is 3.37. The highest BCUT2D eigenvalue weighted by Crippen LogP contribution is 2.33. The first-order valence-corrected chi connectivity index (χ1v) is 6.48. The summed E-state index contributed by atoms with van der Waals surface area (Å²) in [5.41, 5.74) is 7.71. The Kier molecular flexibility index (Phi) is 6.40. The molecule has 0 aliphatic rings. The molecule has 0 unspecified atom stereocenters. The van der Waals surface area contributed by atoms with E-state index in [2.05, 4.69) is 32.4 Å². The first-order valence-electron chi connectivity index (χ1n) is 5.69. The van der Waals surface area contributed by atoms with Gasteiger partial charge in [-0.3, -0.25) is 0 Å². The van der Waals surface area contributed by atoms with E-state index in [-0.39, 0.29) is 6.61 Å². The van der Waals surface area contributed by atoms with Crippen LogP contribution in [0.25, 0.3) is 0 Å². The fourth-order valence-electron chi connectivity index (χ4n) is 1.32. The molecule has 6 nitrogen and oxygen atoms in total. The van der Waals surface area contributed by atoms with Crippen LogP contribution < -0.4 is 20.6 Å². The smallest absolute Gasteiger partial charge is 0.332 e. The predicted octanol–water partition coefficient (Wildman–Crippen LogP) is 1.86. The van der Waals surface area contributed by atoms with Gasteiger partial charge in [0.15, 0.2) is 11.5 Å². The molecule has 1 aromatic carbocycles. The summed E-state index contributed by atoms with van der Waals surface area (Å²) in [6.45, 7) is 2.47. The van der Waals surface area contributed by atoms with E-state index in [1.54, 1.807) is 12.1 Å². The lowest BCUT2D eigenvalue weighted by Gasteiger charge is -2.12. The zero-order valence-electron chi connectivity index (χ0n) is 10.9. The molecule has 0 atom stereocenters. The SMILES string of the molecule is C#CCOc1cc(Br)c(C=NNC(N)=O)cc1OCC. The zero-order chi connectivity index (χ0) is 15.0. The van der Waals surface area contributed by atoms with Crippen LogP contribution in [0.4, 0.5) is 4.79 Å². The van der Waals surface area contributed by atoms with Crippen LogP contribution in [0.1, 0.15) is 12.5 Å². The number of nitrogens with zero attached hydrogens (tertiary/aromatic N) is 1. The van der Waals surface area contributed by atoms with Gasteiger partial charge in [0.2, 0.25) is 0 Å². The average molecular weight is 340 g/mol. The first kappa shape index (κ1) is 15.9. The molecule has 0 aliphatic carbocycles. The van der Waals surface area contributed by atoms with Crippen molar-refractivity contribution in [3.8, 4) is 23.8 Å². The first-order chi connectivity index (χ1) is 9.58. The average Bonchev–Trinajstić information content (AvgIpc) is 2.40. The van der Waals surface area contributed by atoms with Crippen LogP contribution in [0.3, 0.4) is 0 Å². The van der Waals surface area contributed by atoms with Crippen molar-refractivity contribution in [3.63, 3.8) is 0 Å². The lowest BCUT2D eigenvalue weighted by atomic mass is 10.2. The Balaban J connectivity index is 3.02. The Labute approximate surface area is 125 Å². The lowest BCUT2D eigenvalue weighted by molar-refractivity contribution is 0.249. The summed E-state index contributed by atoms with van der Waals surface area (Å²) in [6.07, 6.45) is 6.59. The fourth-order valence-corrected chi connectivity index (χ4v) is 1.74. The molecule has 1 rings (SSSR count). The van der Waals surface area contributed by atoms with Gasteiger partial charge in [-0.25, -0.2) is 10.2 Å². The Hall–Kier alpha value is -2.20. The number of primary amides is 1. The standard InChI is InChI=1S/C13H14BrN3O3/c1-3-5-20-12-7-10(14)9(6-11(12)19-4-2)8-16-17-13(15)18/h1,6-8H,4-5H2,2H3,(H3,15,17,18). The number of benzene rings is 1. The third kappa shape index (κ3) is 4.82. The van der Waals surface area contributed by atoms with Crippen molar-refractivity contribution in [1.29, 1.82) is 0 Å². The van der Waals surface area contributed by atoms with Crippen LogP contribution in [-0.4, -0.2) is 25.5 Å². The molecule has 0 aromatic heterocycles. The molecule has 7 heteroatoms. The van der Waals surface area contributed by atoms with Crippen LogP contribution in [-0.2, 0) is 0 Å². The number of hydrogen-bond donors (Lipinski definition) is 2. The number of hydrazone groups is 1. The minimum Gasteiger partial charge on any atom is -0.490 e. The van der Waals surface area contributed by atoms with Crippen molar-refractivity contribution in [2.45, 2.75) is 6.92 Å². The molecule has 0 heterocycles. The number of hydrogen-bond acceptors (Lipinski definition) is 4. The van der Waals surface area contributed by atoms with Crippen molar-refractivity contribution in [2.75, 3.05) is 13.2 Å². The van der Waals surface area contributed by atoms with E-state index in [0.29, 0.717) is 28.1 Å². The number of nitrogens with two attached hydrogens (primary N) is 1. The number of carbonyl (C=O) groups excluding carboxylic acids is 1. The minimum atomic E-state index is -0.739. The van der Waals surface area contributed by atoms with Gasteiger partial charge in [-0.05, 0) is 35.0 Å². The molecule has 0 aliphatic heterocycles. The Morgan fingerprint density at radius 1 is 1.55 bits per heavy atom. The number of urea groups is 1. The highest BCUT2D eigenvalue weighted by atomic mass is 79.9. The van der Waals surface area contributed by atoms with Crippen molar-refractivity contribution >= 4 is 28.2 Å². The second-order valence-electron chi connectivity index (χ2n) is 3.48. The Bertz CT molecular complexity index is 553. The van der Waals surface area contributed by atoms with Gasteiger partial charge >= 0.3 is 6.03 Å². The van der Waals surface area contributed by atoms with E-state index in [4.69, 9.17) is 21.6 Å². The highest BCUT2D eigenvalue weighted by molar-refractivity contribution is 9.10. The molecule has 0 spiro atoms. The summed E-state index contributed by atoms with van der Waals surface area (Å²) in [5.74, 6) is 3.44. The number of rotatable bonds is 6. The summed E-state index contributed by atoms with van der Waals surface area (Å²) in [4.78, 5) is 10.5.